The highest BCUT2D eigenvalue weighted by molar-refractivity contribution is 5.72. The van der Waals surface area contributed by atoms with E-state index in [0.29, 0.717) is 0 Å². The molecule has 1 saturated carbocycles. The molecule has 1 aliphatic rings. The number of amides is 1. The summed E-state index contributed by atoms with van der Waals surface area (Å²) >= 11 is 0. The molecule has 1 fully saturated rings. The average molecular weight is 155 g/mol. The maximum absolute atomic E-state index is 10.5. The zero-order chi connectivity index (χ0) is 8.27. The van der Waals surface area contributed by atoms with E-state index in [2.05, 4.69) is 12.2 Å². The van der Waals surface area contributed by atoms with Crippen LogP contribution in [-0.4, -0.2) is 12.5 Å². The molecule has 0 unspecified atom stereocenters. The van der Waals surface area contributed by atoms with Crippen LogP contribution < -0.4 is 5.32 Å². The van der Waals surface area contributed by atoms with Crippen molar-refractivity contribution in [2.24, 2.45) is 11.8 Å². The first-order chi connectivity index (χ1) is 5.22. The van der Waals surface area contributed by atoms with Gasteiger partial charge in [0.1, 0.15) is 0 Å². The lowest BCUT2D eigenvalue weighted by molar-refractivity contribution is -0.119. The van der Waals surface area contributed by atoms with Gasteiger partial charge in [-0.25, -0.2) is 0 Å². The fourth-order valence-electron chi connectivity index (χ4n) is 1.66. The zero-order valence-corrected chi connectivity index (χ0v) is 7.39. The molecular weight excluding hydrogens is 138 g/mol. The summed E-state index contributed by atoms with van der Waals surface area (Å²) in [6, 6.07) is 0. The van der Waals surface area contributed by atoms with E-state index in [4.69, 9.17) is 0 Å². The lowest BCUT2D eigenvalue weighted by atomic mass is 9.73. The van der Waals surface area contributed by atoms with E-state index < -0.39 is 0 Å². The molecule has 0 heterocycles. The number of nitrogens with one attached hydrogen (secondary N) is 1. The fraction of sp³-hybridized carbons (Fsp3) is 0.889. The second-order valence-corrected chi connectivity index (χ2v) is 3.55. The second-order valence-electron chi connectivity index (χ2n) is 3.55. The molecule has 0 radical (unpaired) electrons. The fourth-order valence-corrected chi connectivity index (χ4v) is 1.66. The van der Waals surface area contributed by atoms with Crippen molar-refractivity contribution < 1.29 is 4.79 Å². The van der Waals surface area contributed by atoms with Crippen LogP contribution in [0.2, 0.25) is 0 Å². The van der Waals surface area contributed by atoms with E-state index in [1.165, 1.54) is 19.3 Å². The minimum atomic E-state index is 0.102. The van der Waals surface area contributed by atoms with Gasteiger partial charge in [-0.05, 0) is 24.7 Å². The van der Waals surface area contributed by atoms with E-state index in [-0.39, 0.29) is 5.91 Å². The molecule has 0 atom stereocenters. The molecule has 2 heteroatoms. The van der Waals surface area contributed by atoms with Crippen LogP contribution in [0.15, 0.2) is 0 Å². The van der Waals surface area contributed by atoms with Crippen LogP contribution >= 0.6 is 0 Å². The highest BCUT2D eigenvalue weighted by Gasteiger charge is 2.26. The Morgan fingerprint density at radius 1 is 1.45 bits per heavy atom. The van der Waals surface area contributed by atoms with Gasteiger partial charge in [-0.1, -0.05) is 13.3 Å². The molecule has 0 aliphatic heterocycles. The Hall–Kier alpha value is -0.530. The van der Waals surface area contributed by atoms with Crippen LogP contribution in [0.3, 0.4) is 0 Å². The summed E-state index contributed by atoms with van der Waals surface area (Å²) in [5.74, 6) is 1.81. The van der Waals surface area contributed by atoms with E-state index in [0.717, 1.165) is 18.4 Å². The van der Waals surface area contributed by atoms with E-state index in [9.17, 15) is 4.79 Å². The monoisotopic (exact) mass is 155 g/mol. The summed E-state index contributed by atoms with van der Waals surface area (Å²) in [5.41, 5.74) is 0. The standard InChI is InChI=1S/C9H17NO/c1-3-8-4-9(5-8)6-10-7(2)11/h8-9H,3-6H2,1-2H3,(H,10,11). The SMILES string of the molecule is CCC1CC(CNC(C)=O)C1. The van der Waals surface area contributed by atoms with Crippen molar-refractivity contribution in [1.29, 1.82) is 0 Å². The lowest BCUT2D eigenvalue weighted by Crippen LogP contribution is -2.34. The number of carbonyl (C=O) groups is 1. The van der Waals surface area contributed by atoms with Crippen LogP contribution in [0.1, 0.15) is 33.1 Å². The molecule has 0 spiro atoms. The third kappa shape index (κ3) is 2.52. The molecule has 1 amide bonds. The van der Waals surface area contributed by atoms with Crippen LogP contribution in [-0.2, 0) is 4.79 Å². The van der Waals surface area contributed by atoms with Gasteiger partial charge in [0.2, 0.25) is 5.91 Å². The Kier molecular flexibility index (Phi) is 2.92. The molecule has 11 heavy (non-hydrogen) atoms. The molecule has 2 nitrogen and oxygen atoms in total. The topological polar surface area (TPSA) is 29.1 Å². The van der Waals surface area contributed by atoms with E-state index in [1.807, 2.05) is 0 Å². The van der Waals surface area contributed by atoms with Crippen molar-refractivity contribution in [3.8, 4) is 0 Å². The lowest BCUT2D eigenvalue weighted by Gasteiger charge is -2.34. The molecule has 0 aromatic heterocycles. The Bertz CT molecular complexity index is 138. The molecule has 1 aliphatic carbocycles. The van der Waals surface area contributed by atoms with Gasteiger partial charge >= 0.3 is 0 Å². The maximum atomic E-state index is 10.5. The number of hydrogen-bond donors (Lipinski definition) is 1. The van der Waals surface area contributed by atoms with Crippen LogP contribution in [0, 0.1) is 11.8 Å². The Morgan fingerprint density at radius 2 is 2.09 bits per heavy atom. The molecule has 0 saturated heterocycles. The van der Waals surface area contributed by atoms with Gasteiger partial charge < -0.3 is 5.32 Å². The molecule has 0 bridgehead atoms. The minimum Gasteiger partial charge on any atom is -0.356 e. The number of carbonyl (C=O) groups excluding carboxylic acids is 1. The third-order valence-corrected chi connectivity index (χ3v) is 2.55. The number of rotatable bonds is 3. The van der Waals surface area contributed by atoms with Crippen molar-refractivity contribution >= 4 is 5.91 Å². The highest BCUT2D eigenvalue weighted by atomic mass is 16.1. The largest absolute Gasteiger partial charge is 0.356 e. The predicted octanol–water partition coefficient (Wildman–Crippen LogP) is 1.56. The molecule has 1 rings (SSSR count). The minimum absolute atomic E-state index is 0.102. The number of hydrogen-bond acceptors (Lipinski definition) is 1. The molecular formula is C9H17NO. The average Bonchev–Trinajstić information content (AvgIpc) is 1.84. The van der Waals surface area contributed by atoms with Gasteiger partial charge in [0.05, 0.1) is 0 Å². The van der Waals surface area contributed by atoms with Gasteiger partial charge in [0.15, 0.2) is 0 Å². The van der Waals surface area contributed by atoms with Gasteiger partial charge in [-0.2, -0.15) is 0 Å². The summed E-state index contributed by atoms with van der Waals surface area (Å²) in [6.45, 7) is 4.71. The van der Waals surface area contributed by atoms with E-state index >= 15 is 0 Å². The second kappa shape index (κ2) is 3.74. The summed E-state index contributed by atoms with van der Waals surface area (Å²) in [4.78, 5) is 10.5. The smallest absolute Gasteiger partial charge is 0.216 e. The Labute approximate surface area is 68.4 Å². The predicted molar refractivity (Wildman–Crippen MR) is 45.2 cm³/mol. The van der Waals surface area contributed by atoms with Crippen LogP contribution in [0.5, 0.6) is 0 Å². The first-order valence-electron chi connectivity index (χ1n) is 4.46. The van der Waals surface area contributed by atoms with Crippen molar-refractivity contribution in [2.45, 2.75) is 33.1 Å². The molecule has 0 aromatic rings. The highest BCUT2D eigenvalue weighted by Crippen LogP contribution is 2.35. The molecule has 1 N–H and O–H groups in total. The van der Waals surface area contributed by atoms with Crippen LogP contribution in [0.4, 0.5) is 0 Å². The first kappa shape index (κ1) is 8.57. The quantitative estimate of drug-likeness (QED) is 0.658. The van der Waals surface area contributed by atoms with Gasteiger partial charge in [-0.3, -0.25) is 4.79 Å². The first-order valence-corrected chi connectivity index (χ1v) is 4.46. The maximum Gasteiger partial charge on any atom is 0.216 e. The summed E-state index contributed by atoms with van der Waals surface area (Å²) in [7, 11) is 0. The normalized spacial score (nSPS) is 29.3. The van der Waals surface area contributed by atoms with Gasteiger partial charge in [0.25, 0.3) is 0 Å². The van der Waals surface area contributed by atoms with E-state index in [1.54, 1.807) is 6.92 Å². The Morgan fingerprint density at radius 3 is 2.55 bits per heavy atom. The van der Waals surface area contributed by atoms with Crippen molar-refractivity contribution in [3.63, 3.8) is 0 Å². The van der Waals surface area contributed by atoms with Gasteiger partial charge in [-0.15, -0.1) is 0 Å². The van der Waals surface area contributed by atoms with Crippen molar-refractivity contribution in [2.75, 3.05) is 6.54 Å². The molecule has 0 aromatic carbocycles. The summed E-state index contributed by atoms with van der Waals surface area (Å²) in [6.07, 6.45) is 3.93. The molecule has 64 valence electrons. The van der Waals surface area contributed by atoms with Crippen molar-refractivity contribution in [3.05, 3.63) is 0 Å². The van der Waals surface area contributed by atoms with Gasteiger partial charge in [0, 0.05) is 13.5 Å². The summed E-state index contributed by atoms with van der Waals surface area (Å²) < 4.78 is 0. The van der Waals surface area contributed by atoms with Crippen LogP contribution in [0.25, 0.3) is 0 Å². The third-order valence-electron chi connectivity index (χ3n) is 2.55. The zero-order valence-electron chi connectivity index (χ0n) is 7.39. The Balaban J connectivity index is 2.00. The van der Waals surface area contributed by atoms with Crippen molar-refractivity contribution in [1.82, 2.24) is 5.32 Å². The summed E-state index contributed by atoms with van der Waals surface area (Å²) in [5, 5.41) is 2.85.